The number of nitrogens with zero attached hydrogens (tertiary/aromatic N) is 1. The molecular weight excluding hydrogens is 274 g/mol. The van der Waals surface area contributed by atoms with E-state index in [2.05, 4.69) is 0 Å². The molecule has 0 aliphatic heterocycles. The second kappa shape index (κ2) is 6.68. The summed E-state index contributed by atoms with van der Waals surface area (Å²) in [5.74, 6) is 0. The van der Waals surface area contributed by atoms with Gasteiger partial charge in [0.2, 0.25) is 0 Å². The average Bonchev–Trinajstić information content (AvgIpc) is 2.44. The topological polar surface area (TPSA) is 43.1 Å². The summed E-state index contributed by atoms with van der Waals surface area (Å²) in [6.45, 7) is 0. The van der Waals surface area contributed by atoms with Crippen molar-refractivity contribution >= 4 is 29.4 Å². The molecule has 0 aliphatic rings. The molecule has 0 amide bonds. The van der Waals surface area contributed by atoms with Crippen LogP contribution >= 0.6 is 11.6 Å². The lowest BCUT2D eigenvalue weighted by Crippen LogP contribution is -1.88. The van der Waals surface area contributed by atoms with Crippen molar-refractivity contribution in [2.24, 2.45) is 0 Å². The second-order valence-corrected chi connectivity index (χ2v) is 4.50. The Morgan fingerprint density at radius 1 is 0.950 bits per heavy atom. The molecule has 0 unspecified atom stereocenters. The SMILES string of the molecule is O=[N+]([O-])c1ccc(/C=C/C=C/c2ccccc2)cc1Cl. The number of rotatable bonds is 4. The van der Waals surface area contributed by atoms with Crippen LogP contribution in [-0.4, -0.2) is 4.92 Å². The van der Waals surface area contributed by atoms with Crippen LogP contribution in [0.25, 0.3) is 12.2 Å². The molecule has 100 valence electrons. The van der Waals surface area contributed by atoms with Gasteiger partial charge in [0.15, 0.2) is 0 Å². The molecule has 2 aromatic rings. The highest BCUT2D eigenvalue weighted by molar-refractivity contribution is 6.32. The van der Waals surface area contributed by atoms with E-state index in [0.29, 0.717) is 0 Å². The largest absolute Gasteiger partial charge is 0.287 e. The maximum Gasteiger partial charge on any atom is 0.287 e. The van der Waals surface area contributed by atoms with Crippen molar-refractivity contribution in [2.75, 3.05) is 0 Å². The van der Waals surface area contributed by atoms with Gasteiger partial charge >= 0.3 is 0 Å². The lowest BCUT2D eigenvalue weighted by Gasteiger charge is -1.96. The van der Waals surface area contributed by atoms with Crippen molar-refractivity contribution in [3.63, 3.8) is 0 Å². The van der Waals surface area contributed by atoms with E-state index in [1.165, 1.54) is 6.07 Å². The zero-order valence-electron chi connectivity index (χ0n) is 10.6. The molecule has 0 N–H and O–H groups in total. The van der Waals surface area contributed by atoms with Gasteiger partial charge < -0.3 is 0 Å². The van der Waals surface area contributed by atoms with Crippen LogP contribution < -0.4 is 0 Å². The van der Waals surface area contributed by atoms with Crippen LogP contribution in [-0.2, 0) is 0 Å². The summed E-state index contributed by atoms with van der Waals surface area (Å²) in [5.41, 5.74) is 1.85. The molecule has 0 heterocycles. The van der Waals surface area contributed by atoms with E-state index >= 15 is 0 Å². The minimum absolute atomic E-state index is 0.0800. The minimum atomic E-state index is -0.495. The van der Waals surface area contributed by atoms with Crippen LogP contribution in [0.2, 0.25) is 5.02 Å². The molecule has 0 saturated heterocycles. The van der Waals surface area contributed by atoms with Crippen LogP contribution in [0, 0.1) is 10.1 Å². The maximum absolute atomic E-state index is 10.6. The fraction of sp³-hybridized carbons (Fsp3) is 0. The normalized spacial score (nSPS) is 11.2. The molecule has 0 aromatic heterocycles. The highest BCUT2D eigenvalue weighted by Gasteiger charge is 2.10. The summed E-state index contributed by atoms with van der Waals surface area (Å²) in [4.78, 5) is 10.1. The smallest absolute Gasteiger partial charge is 0.258 e. The van der Waals surface area contributed by atoms with Crippen molar-refractivity contribution in [3.05, 3.63) is 86.9 Å². The second-order valence-electron chi connectivity index (χ2n) is 4.10. The molecule has 0 aliphatic carbocycles. The summed E-state index contributed by atoms with van der Waals surface area (Å²) in [6.07, 6.45) is 7.59. The zero-order chi connectivity index (χ0) is 14.4. The van der Waals surface area contributed by atoms with E-state index in [-0.39, 0.29) is 10.7 Å². The summed E-state index contributed by atoms with van der Waals surface area (Å²) in [6, 6.07) is 14.6. The predicted octanol–water partition coefficient (Wildman–Crippen LogP) is 4.97. The van der Waals surface area contributed by atoms with E-state index < -0.39 is 4.92 Å². The van der Waals surface area contributed by atoms with Gasteiger partial charge in [-0.3, -0.25) is 10.1 Å². The Morgan fingerprint density at radius 2 is 1.60 bits per heavy atom. The molecule has 2 aromatic carbocycles. The van der Waals surface area contributed by atoms with Crippen molar-refractivity contribution in [2.45, 2.75) is 0 Å². The number of hydrogen-bond donors (Lipinski definition) is 0. The highest BCUT2D eigenvalue weighted by atomic mass is 35.5. The molecule has 3 nitrogen and oxygen atoms in total. The Hall–Kier alpha value is -2.39. The quantitative estimate of drug-likeness (QED) is 0.452. The first-order valence-corrected chi connectivity index (χ1v) is 6.38. The van der Waals surface area contributed by atoms with Crippen LogP contribution in [0.15, 0.2) is 60.7 Å². The van der Waals surface area contributed by atoms with Gasteiger partial charge in [0.1, 0.15) is 5.02 Å². The van der Waals surface area contributed by atoms with Gasteiger partial charge in [0, 0.05) is 6.07 Å². The van der Waals surface area contributed by atoms with Gasteiger partial charge in [-0.25, -0.2) is 0 Å². The van der Waals surface area contributed by atoms with Gasteiger partial charge in [-0.1, -0.05) is 66.2 Å². The van der Waals surface area contributed by atoms with Crippen molar-refractivity contribution < 1.29 is 4.92 Å². The number of nitro groups is 1. The zero-order valence-corrected chi connectivity index (χ0v) is 11.3. The molecule has 4 heteroatoms. The molecule has 0 spiro atoms. The molecular formula is C16H12ClNO2. The highest BCUT2D eigenvalue weighted by Crippen LogP contribution is 2.25. The number of nitro benzene ring substituents is 1. The lowest BCUT2D eigenvalue weighted by atomic mass is 10.1. The Balaban J connectivity index is 2.07. The number of hydrogen-bond acceptors (Lipinski definition) is 2. The monoisotopic (exact) mass is 285 g/mol. The Bertz CT molecular complexity index is 663. The molecule has 0 atom stereocenters. The molecule has 0 fully saturated rings. The first-order valence-electron chi connectivity index (χ1n) is 6.00. The van der Waals surface area contributed by atoms with E-state index in [9.17, 15) is 10.1 Å². The first kappa shape index (κ1) is 14.0. The Morgan fingerprint density at radius 3 is 2.20 bits per heavy atom. The van der Waals surface area contributed by atoms with Gasteiger partial charge in [-0.2, -0.15) is 0 Å². The van der Waals surface area contributed by atoms with Gasteiger partial charge in [0.05, 0.1) is 4.92 Å². The summed E-state index contributed by atoms with van der Waals surface area (Å²) in [7, 11) is 0. The van der Waals surface area contributed by atoms with Crippen LogP contribution in [0.3, 0.4) is 0 Å². The lowest BCUT2D eigenvalue weighted by molar-refractivity contribution is -0.384. The third-order valence-corrected chi connectivity index (χ3v) is 2.96. The maximum atomic E-state index is 10.6. The van der Waals surface area contributed by atoms with Crippen molar-refractivity contribution in [3.8, 4) is 0 Å². The van der Waals surface area contributed by atoms with Crippen LogP contribution in [0.4, 0.5) is 5.69 Å². The van der Waals surface area contributed by atoms with Crippen molar-refractivity contribution in [1.82, 2.24) is 0 Å². The molecule has 0 saturated carbocycles. The number of allylic oxidation sites excluding steroid dienone is 2. The van der Waals surface area contributed by atoms with Crippen LogP contribution in [0.1, 0.15) is 11.1 Å². The summed E-state index contributed by atoms with van der Waals surface area (Å²) < 4.78 is 0. The third kappa shape index (κ3) is 3.80. The standard InChI is InChI=1S/C16H12ClNO2/c17-15-12-14(10-11-16(15)18(19)20)9-5-4-8-13-6-2-1-3-7-13/h1-12H/b8-4+,9-5+. The molecule has 20 heavy (non-hydrogen) atoms. The Kier molecular flexibility index (Phi) is 4.69. The predicted molar refractivity (Wildman–Crippen MR) is 82.6 cm³/mol. The van der Waals surface area contributed by atoms with Gasteiger partial charge in [-0.15, -0.1) is 0 Å². The fourth-order valence-electron chi connectivity index (χ4n) is 1.67. The van der Waals surface area contributed by atoms with E-state index in [0.717, 1.165) is 11.1 Å². The van der Waals surface area contributed by atoms with Gasteiger partial charge in [-0.05, 0) is 23.3 Å². The number of halogens is 1. The first-order chi connectivity index (χ1) is 9.66. The average molecular weight is 286 g/mol. The summed E-state index contributed by atoms with van der Waals surface area (Å²) in [5, 5.41) is 10.8. The number of benzene rings is 2. The minimum Gasteiger partial charge on any atom is -0.258 e. The Labute approximate surface area is 122 Å². The summed E-state index contributed by atoms with van der Waals surface area (Å²) >= 11 is 5.84. The van der Waals surface area contributed by atoms with E-state index in [1.807, 2.05) is 54.6 Å². The van der Waals surface area contributed by atoms with Crippen molar-refractivity contribution in [1.29, 1.82) is 0 Å². The third-order valence-electron chi connectivity index (χ3n) is 2.66. The molecule has 0 radical (unpaired) electrons. The molecule has 0 bridgehead atoms. The van der Waals surface area contributed by atoms with Crippen LogP contribution in [0.5, 0.6) is 0 Å². The van der Waals surface area contributed by atoms with E-state index in [4.69, 9.17) is 11.6 Å². The van der Waals surface area contributed by atoms with Gasteiger partial charge in [0.25, 0.3) is 5.69 Å². The van der Waals surface area contributed by atoms with E-state index in [1.54, 1.807) is 12.1 Å². The molecule has 2 rings (SSSR count). The fourth-order valence-corrected chi connectivity index (χ4v) is 1.93.